The van der Waals surface area contributed by atoms with Gasteiger partial charge >= 0.3 is 0 Å². The highest BCUT2D eigenvalue weighted by Crippen LogP contribution is 2.41. The molecule has 2 amide bonds. The number of carbonyl (C=O) groups excluding carboxylic acids is 2. The molecule has 0 bridgehead atoms. The highest BCUT2D eigenvalue weighted by Gasteiger charge is 2.43. The average molecular weight is 344 g/mol. The first-order chi connectivity index (χ1) is 12.0. The molecule has 2 aliphatic rings. The molecule has 0 radical (unpaired) electrons. The van der Waals surface area contributed by atoms with Crippen LogP contribution in [0, 0.1) is 6.92 Å². The highest BCUT2D eigenvalue weighted by atomic mass is 16.5. The van der Waals surface area contributed by atoms with Crippen LogP contribution in [0.15, 0.2) is 24.3 Å². The molecule has 3 rings (SSSR count). The van der Waals surface area contributed by atoms with Crippen LogP contribution in [0.2, 0.25) is 0 Å². The van der Waals surface area contributed by atoms with Crippen LogP contribution >= 0.6 is 0 Å². The molecule has 0 spiro atoms. The van der Waals surface area contributed by atoms with Crippen LogP contribution in [0.25, 0.3) is 0 Å². The van der Waals surface area contributed by atoms with Gasteiger partial charge in [0.1, 0.15) is 6.04 Å². The van der Waals surface area contributed by atoms with E-state index in [1.807, 2.05) is 12.1 Å². The van der Waals surface area contributed by atoms with E-state index in [9.17, 15) is 9.59 Å². The van der Waals surface area contributed by atoms with Crippen molar-refractivity contribution in [1.82, 2.24) is 10.2 Å². The van der Waals surface area contributed by atoms with Gasteiger partial charge in [0.05, 0.1) is 18.6 Å². The molecule has 5 nitrogen and oxygen atoms in total. The zero-order valence-corrected chi connectivity index (χ0v) is 15.2. The van der Waals surface area contributed by atoms with Gasteiger partial charge in [-0.2, -0.15) is 0 Å². The van der Waals surface area contributed by atoms with Gasteiger partial charge in [0.15, 0.2) is 0 Å². The smallest absolute Gasteiger partial charge is 0.245 e. The summed E-state index contributed by atoms with van der Waals surface area (Å²) in [6.45, 7) is 6.17. The lowest BCUT2D eigenvalue weighted by molar-refractivity contribution is -0.140. The van der Waals surface area contributed by atoms with Crippen molar-refractivity contribution in [3.05, 3.63) is 35.4 Å². The first-order valence-corrected chi connectivity index (χ1v) is 9.27. The summed E-state index contributed by atoms with van der Waals surface area (Å²) in [6, 6.07) is 7.72. The number of morpholine rings is 1. The lowest BCUT2D eigenvalue weighted by atomic mass is 9.77. The molecule has 0 unspecified atom stereocenters. The molecular weight excluding hydrogens is 316 g/mol. The van der Waals surface area contributed by atoms with Crippen molar-refractivity contribution in [2.75, 3.05) is 26.3 Å². The van der Waals surface area contributed by atoms with Crippen LogP contribution in [-0.2, 0) is 19.7 Å². The number of amides is 2. The fourth-order valence-corrected chi connectivity index (χ4v) is 4.02. The summed E-state index contributed by atoms with van der Waals surface area (Å²) in [5.41, 5.74) is 1.74. The summed E-state index contributed by atoms with van der Waals surface area (Å²) in [7, 11) is 0. The topological polar surface area (TPSA) is 58.6 Å². The van der Waals surface area contributed by atoms with Crippen molar-refractivity contribution < 1.29 is 14.3 Å². The van der Waals surface area contributed by atoms with Crippen molar-refractivity contribution in [1.29, 1.82) is 0 Å². The Kier molecular flexibility index (Phi) is 5.42. The second-order valence-corrected chi connectivity index (χ2v) is 7.29. The average Bonchev–Trinajstić information content (AvgIpc) is 3.13. The predicted molar refractivity (Wildman–Crippen MR) is 96.3 cm³/mol. The Balaban J connectivity index is 1.74. The van der Waals surface area contributed by atoms with Gasteiger partial charge in [-0.15, -0.1) is 0 Å². The van der Waals surface area contributed by atoms with Crippen molar-refractivity contribution in [2.45, 2.75) is 51.0 Å². The maximum atomic E-state index is 13.2. The van der Waals surface area contributed by atoms with Crippen molar-refractivity contribution in [3.8, 4) is 0 Å². The van der Waals surface area contributed by atoms with Crippen LogP contribution in [0.1, 0.15) is 43.7 Å². The Labute approximate surface area is 149 Å². The molecule has 1 saturated carbocycles. The molecule has 0 aromatic heterocycles. The van der Waals surface area contributed by atoms with Gasteiger partial charge in [-0.3, -0.25) is 9.59 Å². The van der Waals surface area contributed by atoms with Gasteiger partial charge in [0.25, 0.3) is 0 Å². The number of rotatable bonds is 4. The van der Waals surface area contributed by atoms with Gasteiger partial charge < -0.3 is 15.0 Å². The van der Waals surface area contributed by atoms with E-state index in [0.717, 1.165) is 36.8 Å². The first kappa shape index (κ1) is 17.9. The highest BCUT2D eigenvalue weighted by molar-refractivity contribution is 5.93. The van der Waals surface area contributed by atoms with E-state index in [1.54, 1.807) is 11.8 Å². The zero-order chi connectivity index (χ0) is 17.9. The number of hydrogen-bond acceptors (Lipinski definition) is 3. The standard InChI is InChI=1S/C20H28N2O3/c1-15-6-5-7-17(14-15)20(8-3-4-9-20)19(24)21-16(2)18(23)22-10-12-25-13-11-22/h5-7,14,16H,3-4,8-13H2,1-2H3,(H,21,24)/t16-/m1/s1. The minimum Gasteiger partial charge on any atom is -0.378 e. The summed E-state index contributed by atoms with van der Waals surface area (Å²) in [4.78, 5) is 27.5. The summed E-state index contributed by atoms with van der Waals surface area (Å²) < 4.78 is 5.30. The number of ether oxygens (including phenoxy) is 1. The Bertz CT molecular complexity index is 632. The summed E-state index contributed by atoms with van der Waals surface area (Å²) in [6.07, 6.45) is 3.79. The lowest BCUT2D eigenvalue weighted by Gasteiger charge is -2.33. The maximum Gasteiger partial charge on any atom is 0.245 e. The predicted octanol–water partition coefficient (Wildman–Crippen LogP) is 2.17. The molecule has 1 atom stereocenters. The van der Waals surface area contributed by atoms with Crippen molar-refractivity contribution in [2.24, 2.45) is 0 Å². The molecule has 1 aromatic carbocycles. The Morgan fingerprint density at radius 3 is 2.52 bits per heavy atom. The van der Waals surface area contributed by atoms with E-state index in [4.69, 9.17) is 4.74 Å². The third-order valence-corrected chi connectivity index (χ3v) is 5.50. The Morgan fingerprint density at radius 2 is 1.88 bits per heavy atom. The monoisotopic (exact) mass is 344 g/mol. The normalized spacial score (nSPS) is 21.0. The van der Waals surface area contributed by atoms with Crippen molar-refractivity contribution in [3.63, 3.8) is 0 Å². The van der Waals surface area contributed by atoms with E-state index in [2.05, 4.69) is 24.4 Å². The van der Waals surface area contributed by atoms with Crippen LogP contribution in [0.5, 0.6) is 0 Å². The molecule has 1 aromatic rings. The quantitative estimate of drug-likeness (QED) is 0.911. The van der Waals surface area contributed by atoms with Crippen LogP contribution < -0.4 is 5.32 Å². The third kappa shape index (κ3) is 3.71. The fourth-order valence-electron chi connectivity index (χ4n) is 4.02. The molecule has 1 N–H and O–H groups in total. The molecule has 1 saturated heterocycles. The maximum absolute atomic E-state index is 13.2. The second-order valence-electron chi connectivity index (χ2n) is 7.29. The molecule has 1 aliphatic carbocycles. The number of nitrogens with zero attached hydrogens (tertiary/aromatic N) is 1. The Morgan fingerprint density at radius 1 is 1.20 bits per heavy atom. The van der Waals surface area contributed by atoms with Gasteiger partial charge in [-0.05, 0) is 32.3 Å². The van der Waals surface area contributed by atoms with Gasteiger partial charge in [0.2, 0.25) is 11.8 Å². The molecule has 2 fully saturated rings. The van der Waals surface area contributed by atoms with Gasteiger partial charge in [-0.25, -0.2) is 0 Å². The zero-order valence-electron chi connectivity index (χ0n) is 15.2. The van der Waals surface area contributed by atoms with Gasteiger partial charge in [0, 0.05) is 13.1 Å². The van der Waals surface area contributed by atoms with Crippen LogP contribution in [0.3, 0.4) is 0 Å². The Hall–Kier alpha value is -1.88. The van der Waals surface area contributed by atoms with E-state index in [-0.39, 0.29) is 11.8 Å². The van der Waals surface area contributed by atoms with Crippen LogP contribution in [-0.4, -0.2) is 49.1 Å². The number of benzene rings is 1. The van der Waals surface area contributed by atoms with E-state index in [0.29, 0.717) is 26.3 Å². The molecular formula is C20H28N2O3. The van der Waals surface area contributed by atoms with Crippen LogP contribution in [0.4, 0.5) is 0 Å². The molecule has 25 heavy (non-hydrogen) atoms. The fraction of sp³-hybridized carbons (Fsp3) is 0.600. The van der Waals surface area contributed by atoms with E-state index in [1.165, 1.54) is 0 Å². The molecule has 1 heterocycles. The lowest BCUT2D eigenvalue weighted by Crippen LogP contribution is -2.54. The number of nitrogens with one attached hydrogen (secondary N) is 1. The SMILES string of the molecule is Cc1cccc(C2(C(=O)N[C@H](C)C(=O)N3CCOCC3)CCCC2)c1. The molecule has 5 heteroatoms. The van der Waals surface area contributed by atoms with Crippen molar-refractivity contribution >= 4 is 11.8 Å². The van der Waals surface area contributed by atoms with E-state index < -0.39 is 11.5 Å². The van der Waals surface area contributed by atoms with Gasteiger partial charge in [-0.1, -0.05) is 42.7 Å². The first-order valence-electron chi connectivity index (χ1n) is 9.27. The third-order valence-electron chi connectivity index (χ3n) is 5.50. The summed E-state index contributed by atoms with van der Waals surface area (Å²) in [5.74, 6) is -0.0289. The minimum absolute atomic E-state index is 0.00953. The number of hydrogen-bond donors (Lipinski definition) is 1. The molecule has 136 valence electrons. The largest absolute Gasteiger partial charge is 0.378 e. The van der Waals surface area contributed by atoms with E-state index >= 15 is 0 Å². The summed E-state index contributed by atoms with van der Waals surface area (Å²) in [5, 5.41) is 3.01. The minimum atomic E-state index is -0.507. The molecule has 1 aliphatic heterocycles. The summed E-state index contributed by atoms with van der Waals surface area (Å²) >= 11 is 0. The number of carbonyl (C=O) groups is 2. The number of aryl methyl sites for hydroxylation is 1. The second kappa shape index (κ2) is 7.56.